The van der Waals surface area contributed by atoms with Crippen molar-refractivity contribution in [1.29, 1.82) is 0 Å². The molecule has 0 aliphatic heterocycles. The minimum absolute atomic E-state index is 0.308. The summed E-state index contributed by atoms with van der Waals surface area (Å²) in [5, 5.41) is 0. The van der Waals surface area contributed by atoms with E-state index in [2.05, 4.69) is 4.74 Å². The molecule has 0 heterocycles. The SMILES string of the molecule is COc1cc(CN)c(C(F)(F)F)c(C(F)(F)F)c1. The molecule has 0 fully saturated rings. The Hall–Kier alpha value is -1.44. The summed E-state index contributed by atoms with van der Waals surface area (Å²) in [5.41, 5.74) is 0.840. The van der Waals surface area contributed by atoms with Crippen molar-refractivity contribution >= 4 is 0 Å². The summed E-state index contributed by atoms with van der Waals surface area (Å²) in [7, 11) is 1.06. The van der Waals surface area contributed by atoms with Crippen molar-refractivity contribution in [2.24, 2.45) is 5.73 Å². The zero-order valence-corrected chi connectivity index (χ0v) is 9.12. The number of rotatable bonds is 2. The Bertz CT molecular complexity index is 437. The van der Waals surface area contributed by atoms with Gasteiger partial charge in [-0.3, -0.25) is 0 Å². The van der Waals surface area contributed by atoms with Gasteiger partial charge in [0, 0.05) is 6.54 Å². The molecule has 0 aliphatic carbocycles. The molecule has 0 bridgehead atoms. The maximum atomic E-state index is 12.7. The largest absolute Gasteiger partial charge is 0.497 e. The zero-order chi connectivity index (χ0) is 14.1. The molecule has 102 valence electrons. The van der Waals surface area contributed by atoms with Crippen LogP contribution in [0.1, 0.15) is 16.7 Å². The third-order valence-corrected chi connectivity index (χ3v) is 2.24. The van der Waals surface area contributed by atoms with Crippen molar-refractivity contribution in [1.82, 2.24) is 0 Å². The maximum Gasteiger partial charge on any atom is 0.417 e. The molecule has 1 aromatic carbocycles. The minimum atomic E-state index is -5.14. The van der Waals surface area contributed by atoms with E-state index >= 15 is 0 Å². The average Bonchev–Trinajstić information content (AvgIpc) is 2.24. The van der Waals surface area contributed by atoms with Gasteiger partial charge in [0.05, 0.1) is 18.2 Å². The number of methoxy groups -OCH3 is 1. The fraction of sp³-hybridized carbons (Fsp3) is 0.400. The highest BCUT2D eigenvalue weighted by atomic mass is 19.4. The van der Waals surface area contributed by atoms with Crippen molar-refractivity contribution < 1.29 is 31.1 Å². The lowest BCUT2D eigenvalue weighted by Gasteiger charge is -2.19. The standard InChI is InChI=1S/C10H9F6NO/c1-18-6-2-5(4-17)8(10(14,15)16)7(3-6)9(11,12)13/h2-3H,4,17H2,1H3. The molecule has 0 unspecified atom stereocenters. The molecular weight excluding hydrogens is 264 g/mol. The van der Waals surface area contributed by atoms with Gasteiger partial charge in [-0.25, -0.2) is 0 Å². The quantitative estimate of drug-likeness (QED) is 0.840. The molecule has 0 radical (unpaired) electrons. The molecule has 18 heavy (non-hydrogen) atoms. The molecule has 2 N–H and O–H groups in total. The lowest BCUT2D eigenvalue weighted by atomic mass is 9.99. The Morgan fingerprint density at radius 3 is 1.94 bits per heavy atom. The van der Waals surface area contributed by atoms with Crippen LogP contribution in [0.5, 0.6) is 5.75 Å². The summed E-state index contributed by atoms with van der Waals surface area (Å²) in [6, 6.07) is 1.15. The molecule has 0 saturated carbocycles. The third kappa shape index (κ3) is 2.87. The minimum Gasteiger partial charge on any atom is -0.497 e. The van der Waals surface area contributed by atoms with Crippen molar-refractivity contribution in [3.63, 3.8) is 0 Å². The molecule has 1 rings (SSSR count). The van der Waals surface area contributed by atoms with Gasteiger partial charge in [0.25, 0.3) is 0 Å². The molecule has 8 heteroatoms. The van der Waals surface area contributed by atoms with Crippen LogP contribution in [-0.4, -0.2) is 7.11 Å². The highest BCUT2D eigenvalue weighted by molar-refractivity contribution is 5.45. The predicted octanol–water partition coefficient (Wildman–Crippen LogP) is 3.19. The van der Waals surface area contributed by atoms with Crippen LogP contribution in [0, 0.1) is 0 Å². The van der Waals surface area contributed by atoms with Crippen LogP contribution in [0.2, 0.25) is 0 Å². The number of nitrogens with two attached hydrogens (primary N) is 1. The molecule has 0 aliphatic rings. The number of hydrogen-bond acceptors (Lipinski definition) is 2. The molecule has 1 aromatic rings. The average molecular weight is 273 g/mol. The summed E-state index contributed by atoms with van der Waals surface area (Å²) < 4.78 is 80.4. The van der Waals surface area contributed by atoms with E-state index in [1.807, 2.05) is 0 Å². The van der Waals surface area contributed by atoms with Gasteiger partial charge in [0.1, 0.15) is 5.75 Å². The van der Waals surface area contributed by atoms with Crippen LogP contribution < -0.4 is 10.5 Å². The highest BCUT2D eigenvalue weighted by Crippen LogP contribution is 2.43. The second-order valence-corrected chi connectivity index (χ2v) is 3.41. The first-order chi connectivity index (χ1) is 8.11. The number of halogens is 6. The van der Waals surface area contributed by atoms with Crippen molar-refractivity contribution in [3.8, 4) is 5.75 Å². The molecule has 0 aromatic heterocycles. The lowest BCUT2D eigenvalue weighted by molar-refractivity contribution is -0.162. The van der Waals surface area contributed by atoms with E-state index in [-0.39, 0.29) is 5.75 Å². The lowest BCUT2D eigenvalue weighted by Crippen LogP contribution is -2.20. The molecule has 0 amide bonds. The number of hydrogen-bond donors (Lipinski definition) is 1. The second-order valence-electron chi connectivity index (χ2n) is 3.41. The summed E-state index contributed by atoms with van der Waals surface area (Å²) in [6.07, 6.45) is -10.3. The summed E-state index contributed by atoms with van der Waals surface area (Å²) in [5.74, 6) is -0.323. The summed E-state index contributed by atoms with van der Waals surface area (Å²) in [6.45, 7) is -0.672. The Kier molecular flexibility index (Phi) is 3.80. The summed E-state index contributed by atoms with van der Waals surface area (Å²) in [4.78, 5) is 0. The smallest absolute Gasteiger partial charge is 0.417 e. The normalized spacial score (nSPS) is 12.7. The van der Waals surface area contributed by atoms with Gasteiger partial charge in [-0.15, -0.1) is 0 Å². The first kappa shape index (κ1) is 14.6. The van der Waals surface area contributed by atoms with E-state index in [1.54, 1.807) is 0 Å². The fourth-order valence-corrected chi connectivity index (χ4v) is 1.51. The molecule has 0 atom stereocenters. The van der Waals surface area contributed by atoms with Crippen LogP contribution in [0.25, 0.3) is 0 Å². The Balaban J connectivity index is 3.64. The fourth-order valence-electron chi connectivity index (χ4n) is 1.51. The van der Waals surface area contributed by atoms with E-state index in [0.717, 1.165) is 13.2 Å². The first-order valence-corrected chi connectivity index (χ1v) is 4.66. The molecule has 0 spiro atoms. The van der Waals surface area contributed by atoms with Crippen LogP contribution >= 0.6 is 0 Å². The van der Waals surface area contributed by atoms with E-state index in [4.69, 9.17) is 5.73 Å². The predicted molar refractivity (Wildman–Crippen MR) is 50.9 cm³/mol. The topological polar surface area (TPSA) is 35.2 Å². The molecule has 2 nitrogen and oxygen atoms in total. The van der Waals surface area contributed by atoms with E-state index in [0.29, 0.717) is 6.07 Å². The van der Waals surface area contributed by atoms with Crippen LogP contribution in [0.3, 0.4) is 0 Å². The number of ether oxygens (including phenoxy) is 1. The number of benzene rings is 1. The van der Waals surface area contributed by atoms with E-state index < -0.39 is 35.6 Å². The van der Waals surface area contributed by atoms with Crippen LogP contribution in [0.4, 0.5) is 26.3 Å². The monoisotopic (exact) mass is 273 g/mol. The van der Waals surface area contributed by atoms with Gasteiger partial charge in [-0.1, -0.05) is 0 Å². The van der Waals surface area contributed by atoms with Gasteiger partial charge < -0.3 is 10.5 Å². The van der Waals surface area contributed by atoms with Crippen molar-refractivity contribution in [2.75, 3.05) is 7.11 Å². The van der Waals surface area contributed by atoms with Gasteiger partial charge in [-0.05, 0) is 17.7 Å². The first-order valence-electron chi connectivity index (χ1n) is 4.66. The van der Waals surface area contributed by atoms with Gasteiger partial charge in [0.2, 0.25) is 0 Å². The van der Waals surface area contributed by atoms with Crippen molar-refractivity contribution in [3.05, 3.63) is 28.8 Å². The zero-order valence-electron chi connectivity index (χ0n) is 9.12. The van der Waals surface area contributed by atoms with E-state index in [1.165, 1.54) is 0 Å². The van der Waals surface area contributed by atoms with Crippen molar-refractivity contribution in [2.45, 2.75) is 18.9 Å². The Labute approximate surface area is 98.3 Å². The van der Waals surface area contributed by atoms with Gasteiger partial charge >= 0.3 is 12.4 Å². The van der Waals surface area contributed by atoms with Gasteiger partial charge in [0.15, 0.2) is 0 Å². The third-order valence-electron chi connectivity index (χ3n) is 2.24. The summed E-state index contributed by atoms with van der Waals surface area (Å²) >= 11 is 0. The number of alkyl halides is 6. The van der Waals surface area contributed by atoms with E-state index in [9.17, 15) is 26.3 Å². The second kappa shape index (κ2) is 4.68. The molecular formula is C10H9F6NO. The highest BCUT2D eigenvalue weighted by Gasteiger charge is 2.45. The van der Waals surface area contributed by atoms with Crippen LogP contribution in [0.15, 0.2) is 12.1 Å². The molecule has 0 saturated heterocycles. The van der Waals surface area contributed by atoms with Crippen LogP contribution in [-0.2, 0) is 18.9 Å². The maximum absolute atomic E-state index is 12.7. The Morgan fingerprint density at radius 1 is 1.06 bits per heavy atom. The van der Waals surface area contributed by atoms with Gasteiger partial charge in [-0.2, -0.15) is 26.3 Å². The Morgan fingerprint density at radius 2 is 1.61 bits per heavy atom.